The third-order valence-corrected chi connectivity index (χ3v) is 6.86. The number of ether oxygens (including phenoxy) is 2. The summed E-state index contributed by atoms with van der Waals surface area (Å²) in [7, 11) is 0. The van der Waals surface area contributed by atoms with E-state index in [1.165, 1.54) is 10.8 Å². The van der Waals surface area contributed by atoms with Crippen LogP contribution in [0, 0.1) is 6.92 Å². The molecule has 2 aromatic rings. The third-order valence-electron chi connectivity index (χ3n) is 6.86. The van der Waals surface area contributed by atoms with Gasteiger partial charge in [0.1, 0.15) is 18.0 Å². The largest absolute Gasteiger partial charge is 0.492 e. The average molecular weight is 473 g/mol. The number of nitrogens with one attached hydrogen (secondary N) is 1. The summed E-state index contributed by atoms with van der Waals surface area (Å²) in [4.78, 5) is 41.5. The molecule has 2 aliphatic rings. The van der Waals surface area contributed by atoms with Gasteiger partial charge in [0, 0.05) is 43.4 Å². The van der Waals surface area contributed by atoms with Gasteiger partial charge in [0.2, 0.25) is 0 Å². The highest BCUT2D eigenvalue weighted by molar-refractivity contribution is 5.94. The monoisotopic (exact) mass is 472 g/mol. The molecule has 3 heterocycles. The number of aryl methyl sites for hydroxylation is 1. The number of piperidine rings is 1. The first-order chi connectivity index (χ1) is 16.1. The van der Waals surface area contributed by atoms with Gasteiger partial charge in [-0.15, -0.1) is 0 Å². The Morgan fingerprint density at radius 1 is 1.32 bits per heavy atom. The number of benzene rings is 1. The lowest BCUT2D eigenvalue weighted by Gasteiger charge is -2.51. The van der Waals surface area contributed by atoms with Crippen LogP contribution in [0.4, 0.5) is 0 Å². The van der Waals surface area contributed by atoms with Crippen molar-refractivity contribution in [2.45, 2.75) is 50.4 Å². The highest BCUT2D eigenvalue weighted by Crippen LogP contribution is 2.43. The molecule has 4 rings (SSSR count). The molecule has 0 saturated carbocycles. The van der Waals surface area contributed by atoms with Crippen LogP contribution in [0.3, 0.4) is 0 Å². The van der Waals surface area contributed by atoms with E-state index in [1.807, 2.05) is 0 Å². The first-order valence-electron chi connectivity index (χ1n) is 11.5. The van der Waals surface area contributed by atoms with Crippen molar-refractivity contribution in [3.63, 3.8) is 0 Å². The Morgan fingerprint density at radius 2 is 2.06 bits per heavy atom. The molecule has 10 nitrogen and oxygen atoms in total. The minimum atomic E-state index is -1.28. The summed E-state index contributed by atoms with van der Waals surface area (Å²) in [5.41, 5.74) is 3.58. The van der Waals surface area contributed by atoms with Crippen molar-refractivity contribution in [1.82, 2.24) is 14.5 Å². The average Bonchev–Trinajstić information content (AvgIpc) is 2.82. The van der Waals surface area contributed by atoms with E-state index in [1.54, 1.807) is 43.0 Å². The smallest absolute Gasteiger partial charge is 0.328 e. The number of likely N-dealkylation sites (tertiary alicyclic amines) is 1. The van der Waals surface area contributed by atoms with Crippen LogP contribution in [0.1, 0.15) is 48.1 Å². The molecule has 2 atom stereocenters. The fraction of sp³-hybridized carbons (Fsp3) is 0.542. The summed E-state index contributed by atoms with van der Waals surface area (Å²) in [6, 6.07) is 6.49. The lowest BCUT2D eigenvalue weighted by molar-refractivity contribution is -0.199. The minimum Gasteiger partial charge on any atom is -0.492 e. The molecule has 1 aromatic heterocycles. The number of H-pyrrole nitrogens is 1. The van der Waals surface area contributed by atoms with Crippen LogP contribution < -0.4 is 21.7 Å². The topological polar surface area (TPSA) is 140 Å². The van der Waals surface area contributed by atoms with E-state index >= 15 is 0 Å². The Kier molecular flexibility index (Phi) is 6.66. The van der Waals surface area contributed by atoms with Crippen molar-refractivity contribution in [1.29, 1.82) is 0 Å². The van der Waals surface area contributed by atoms with E-state index < -0.39 is 28.5 Å². The zero-order valence-corrected chi connectivity index (χ0v) is 19.6. The second-order valence-corrected chi connectivity index (χ2v) is 9.48. The number of hydrogen-bond donors (Lipinski definition) is 3. The highest BCUT2D eigenvalue weighted by atomic mass is 16.5. The predicted molar refractivity (Wildman–Crippen MR) is 125 cm³/mol. The van der Waals surface area contributed by atoms with Crippen LogP contribution in [-0.2, 0) is 4.74 Å². The van der Waals surface area contributed by atoms with Crippen LogP contribution >= 0.6 is 0 Å². The van der Waals surface area contributed by atoms with Crippen molar-refractivity contribution in [2.75, 3.05) is 32.8 Å². The number of hydrogen-bond acceptors (Lipinski definition) is 7. The molecular weight excluding hydrogens is 440 g/mol. The van der Waals surface area contributed by atoms with Crippen LogP contribution in [0.15, 0.2) is 40.1 Å². The van der Waals surface area contributed by atoms with Gasteiger partial charge in [0.05, 0.1) is 18.2 Å². The Labute approximate surface area is 197 Å². The number of amides is 1. The van der Waals surface area contributed by atoms with Crippen LogP contribution in [0.5, 0.6) is 5.75 Å². The maximum absolute atomic E-state index is 13.1. The number of carbonyl (C=O) groups is 1. The molecule has 1 amide bonds. The van der Waals surface area contributed by atoms with Crippen LogP contribution in [0.25, 0.3) is 0 Å². The van der Waals surface area contributed by atoms with Gasteiger partial charge in [-0.05, 0) is 44.9 Å². The molecule has 4 N–H and O–H groups in total. The Balaban J connectivity index is 1.48. The summed E-state index contributed by atoms with van der Waals surface area (Å²) in [5, 5.41) is 11.0. The van der Waals surface area contributed by atoms with E-state index in [0.29, 0.717) is 62.4 Å². The van der Waals surface area contributed by atoms with Crippen molar-refractivity contribution >= 4 is 5.91 Å². The summed E-state index contributed by atoms with van der Waals surface area (Å²) < 4.78 is 13.1. The van der Waals surface area contributed by atoms with Crippen molar-refractivity contribution in [2.24, 2.45) is 5.73 Å². The number of carbonyl (C=O) groups excluding carboxylic acids is 1. The Bertz CT molecular complexity index is 1160. The zero-order chi connectivity index (χ0) is 24.5. The van der Waals surface area contributed by atoms with Crippen LogP contribution in [-0.4, -0.2) is 69.5 Å². The van der Waals surface area contributed by atoms with Crippen LogP contribution in [0.2, 0.25) is 0 Å². The van der Waals surface area contributed by atoms with Gasteiger partial charge in [-0.25, -0.2) is 4.79 Å². The zero-order valence-electron chi connectivity index (χ0n) is 19.6. The van der Waals surface area contributed by atoms with Gasteiger partial charge in [0.25, 0.3) is 11.5 Å². The second-order valence-electron chi connectivity index (χ2n) is 9.48. The number of nitrogens with two attached hydrogens (primary N) is 1. The summed E-state index contributed by atoms with van der Waals surface area (Å²) in [5.74, 6) is 0.520. The molecule has 1 aromatic carbocycles. The number of aliphatic hydroxyl groups is 1. The fourth-order valence-corrected chi connectivity index (χ4v) is 4.79. The molecule has 2 fully saturated rings. The van der Waals surface area contributed by atoms with Gasteiger partial charge in [-0.1, -0.05) is 6.07 Å². The van der Waals surface area contributed by atoms with Gasteiger partial charge >= 0.3 is 5.69 Å². The molecule has 0 unspecified atom stereocenters. The maximum Gasteiger partial charge on any atom is 0.328 e. The quantitative estimate of drug-likeness (QED) is 0.578. The second kappa shape index (κ2) is 9.36. The molecule has 2 saturated heterocycles. The van der Waals surface area contributed by atoms with Crippen molar-refractivity contribution < 1.29 is 19.4 Å². The molecule has 184 valence electrons. The molecule has 0 radical (unpaired) electrons. The van der Waals surface area contributed by atoms with Crippen molar-refractivity contribution in [3.05, 3.63) is 62.4 Å². The molecule has 2 aliphatic heterocycles. The molecule has 10 heteroatoms. The Hall–Kier alpha value is -2.95. The normalized spacial score (nSPS) is 24.2. The van der Waals surface area contributed by atoms with E-state index in [9.17, 15) is 19.5 Å². The molecule has 34 heavy (non-hydrogen) atoms. The third kappa shape index (κ3) is 4.79. The first kappa shape index (κ1) is 24.2. The van der Waals surface area contributed by atoms with E-state index in [-0.39, 0.29) is 12.5 Å². The first-order valence-corrected chi connectivity index (χ1v) is 11.5. The molecule has 0 aliphatic carbocycles. The standard InChI is InChI=1S/C24H32N4O6/c1-16-14-28(22(31)26-20(16)29)19-13-24(34-15-23(19,2)32)6-9-27(10-7-24)21(30)17-4-3-5-18(12-17)33-11-8-25/h3-5,12,14,19,32H,6-11,13,15,25H2,1-2H3,(H,26,29,31)/t19-,23-/m0/s1. The Morgan fingerprint density at radius 3 is 2.76 bits per heavy atom. The predicted octanol–water partition coefficient (Wildman–Crippen LogP) is 0.570. The van der Waals surface area contributed by atoms with E-state index in [2.05, 4.69) is 4.98 Å². The lowest BCUT2D eigenvalue weighted by Crippen LogP contribution is -2.59. The minimum absolute atomic E-state index is 0.0523. The van der Waals surface area contributed by atoms with E-state index in [0.717, 1.165) is 0 Å². The molecule has 1 spiro atoms. The fourth-order valence-electron chi connectivity index (χ4n) is 4.79. The highest BCUT2D eigenvalue weighted by Gasteiger charge is 2.49. The number of aromatic amines is 1. The summed E-state index contributed by atoms with van der Waals surface area (Å²) in [6.07, 6.45) is 3.05. The number of rotatable bonds is 5. The number of aromatic nitrogens is 2. The van der Waals surface area contributed by atoms with Gasteiger partial charge in [-0.3, -0.25) is 19.1 Å². The molecule has 0 bridgehead atoms. The van der Waals surface area contributed by atoms with Gasteiger partial charge in [0.15, 0.2) is 0 Å². The lowest BCUT2D eigenvalue weighted by atomic mass is 9.77. The van der Waals surface area contributed by atoms with Gasteiger partial charge < -0.3 is 25.2 Å². The number of nitrogens with zero attached hydrogens (tertiary/aromatic N) is 2. The molecular formula is C24H32N4O6. The SMILES string of the molecule is Cc1cn([C@H]2CC3(CCN(C(=O)c4cccc(OCCN)c4)CC3)OC[C@]2(C)O)c(=O)[nH]c1=O. The van der Waals surface area contributed by atoms with Gasteiger partial charge in [-0.2, -0.15) is 0 Å². The maximum atomic E-state index is 13.1. The van der Waals surface area contributed by atoms with Crippen molar-refractivity contribution in [3.8, 4) is 5.75 Å². The summed E-state index contributed by atoms with van der Waals surface area (Å²) >= 11 is 0. The summed E-state index contributed by atoms with van der Waals surface area (Å²) in [6.45, 7) is 5.06. The van der Waals surface area contributed by atoms with E-state index in [4.69, 9.17) is 15.2 Å².